The van der Waals surface area contributed by atoms with Crippen molar-refractivity contribution in [1.29, 1.82) is 5.26 Å². The Morgan fingerprint density at radius 1 is 1.50 bits per heavy atom. The monoisotopic (exact) mass is 292 g/mol. The Balaban J connectivity index is 2.31. The van der Waals surface area contributed by atoms with Gasteiger partial charge in [0.15, 0.2) is 0 Å². The molecule has 6 heteroatoms. The van der Waals surface area contributed by atoms with Crippen molar-refractivity contribution in [3.8, 4) is 11.8 Å². The van der Waals surface area contributed by atoms with Gasteiger partial charge in [0.05, 0.1) is 5.57 Å². The van der Waals surface area contributed by atoms with Gasteiger partial charge >= 0.3 is 6.61 Å². The molecule has 3 nitrogen and oxygen atoms in total. The fourth-order valence-corrected chi connectivity index (χ4v) is 2.33. The van der Waals surface area contributed by atoms with Crippen molar-refractivity contribution in [3.05, 3.63) is 45.9 Å². The summed E-state index contributed by atoms with van der Waals surface area (Å²) in [6.45, 7) is -1.03. The molecule has 1 heterocycles. The molecule has 0 N–H and O–H groups in total. The van der Waals surface area contributed by atoms with Crippen LogP contribution < -0.4 is 4.74 Å². The molecule has 1 aromatic heterocycles. The molecule has 0 fully saturated rings. The SMILES string of the molecule is Cc1csc(C(C#N)=Cc2cccc(OC(F)F)c2)n1. The van der Waals surface area contributed by atoms with E-state index in [0.717, 1.165) is 5.69 Å². The highest BCUT2D eigenvalue weighted by Crippen LogP contribution is 2.23. The number of alkyl halides is 2. The number of allylic oxidation sites excluding steroid dienone is 1. The van der Waals surface area contributed by atoms with Crippen molar-refractivity contribution in [2.45, 2.75) is 13.5 Å². The zero-order chi connectivity index (χ0) is 14.5. The molecule has 0 radical (unpaired) electrons. The quantitative estimate of drug-likeness (QED) is 0.796. The molecule has 1 aromatic carbocycles. The lowest BCUT2D eigenvalue weighted by molar-refractivity contribution is -0.0498. The van der Waals surface area contributed by atoms with Crippen molar-refractivity contribution in [2.75, 3.05) is 0 Å². The van der Waals surface area contributed by atoms with Crippen molar-refractivity contribution in [2.24, 2.45) is 0 Å². The average molecular weight is 292 g/mol. The molecule has 0 unspecified atom stereocenters. The predicted octanol–water partition coefficient (Wildman–Crippen LogP) is 4.12. The Labute approximate surface area is 118 Å². The molecule has 0 atom stereocenters. The summed E-state index contributed by atoms with van der Waals surface area (Å²) in [6.07, 6.45) is 1.59. The molecule has 0 saturated heterocycles. The maximum Gasteiger partial charge on any atom is 0.387 e. The molecule has 0 aliphatic heterocycles. The van der Waals surface area contributed by atoms with Gasteiger partial charge in [-0.3, -0.25) is 0 Å². The first kappa shape index (κ1) is 14.2. The summed E-state index contributed by atoms with van der Waals surface area (Å²) in [5.74, 6) is 0.0568. The fourth-order valence-electron chi connectivity index (χ4n) is 1.57. The Hall–Kier alpha value is -2.26. The first-order chi connectivity index (χ1) is 9.58. The van der Waals surface area contributed by atoms with Crippen LogP contribution in [0.5, 0.6) is 5.75 Å². The normalized spacial score (nSPS) is 11.4. The average Bonchev–Trinajstić information content (AvgIpc) is 2.82. The lowest BCUT2D eigenvalue weighted by Crippen LogP contribution is -2.01. The van der Waals surface area contributed by atoms with Crippen LogP contribution >= 0.6 is 11.3 Å². The van der Waals surface area contributed by atoms with Crippen LogP contribution in [-0.4, -0.2) is 11.6 Å². The molecule has 0 amide bonds. The van der Waals surface area contributed by atoms with Crippen LogP contribution in [0.2, 0.25) is 0 Å². The van der Waals surface area contributed by atoms with Crippen molar-refractivity contribution < 1.29 is 13.5 Å². The summed E-state index contributed by atoms with van der Waals surface area (Å²) >= 11 is 1.36. The van der Waals surface area contributed by atoms with E-state index in [1.165, 1.54) is 23.5 Å². The molecular formula is C14H10F2N2OS. The van der Waals surface area contributed by atoms with E-state index >= 15 is 0 Å². The molecular weight excluding hydrogens is 282 g/mol. The predicted molar refractivity (Wildman–Crippen MR) is 73.4 cm³/mol. The van der Waals surface area contributed by atoms with Gasteiger partial charge in [-0.25, -0.2) is 4.98 Å². The Bertz CT molecular complexity index is 674. The van der Waals surface area contributed by atoms with Gasteiger partial charge in [-0.15, -0.1) is 11.3 Å². The molecule has 0 saturated carbocycles. The van der Waals surface area contributed by atoms with Gasteiger partial charge in [0.25, 0.3) is 0 Å². The molecule has 2 rings (SSSR count). The van der Waals surface area contributed by atoms with Gasteiger partial charge in [-0.2, -0.15) is 14.0 Å². The van der Waals surface area contributed by atoms with Crippen LogP contribution in [0, 0.1) is 18.3 Å². The third-order valence-electron chi connectivity index (χ3n) is 2.36. The molecule has 0 aliphatic rings. The van der Waals surface area contributed by atoms with Gasteiger partial charge in [-0.05, 0) is 30.7 Å². The summed E-state index contributed by atoms with van der Waals surface area (Å²) in [6, 6.07) is 8.24. The van der Waals surface area contributed by atoms with Gasteiger partial charge in [0.1, 0.15) is 16.8 Å². The molecule has 102 valence electrons. The van der Waals surface area contributed by atoms with E-state index in [1.807, 2.05) is 12.3 Å². The van der Waals surface area contributed by atoms with E-state index in [1.54, 1.807) is 18.2 Å². The van der Waals surface area contributed by atoms with Crippen LogP contribution in [-0.2, 0) is 0 Å². The number of nitrogens with zero attached hydrogens (tertiary/aromatic N) is 2. The van der Waals surface area contributed by atoms with Crippen molar-refractivity contribution >= 4 is 23.0 Å². The van der Waals surface area contributed by atoms with Gasteiger partial charge in [0.2, 0.25) is 0 Å². The zero-order valence-electron chi connectivity index (χ0n) is 10.5. The number of aryl methyl sites for hydroxylation is 1. The third-order valence-corrected chi connectivity index (χ3v) is 3.36. The van der Waals surface area contributed by atoms with E-state index in [0.29, 0.717) is 16.1 Å². The lowest BCUT2D eigenvalue weighted by Gasteiger charge is -2.04. The zero-order valence-corrected chi connectivity index (χ0v) is 11.3. The summed E-state index contributed by atoms with van der Waals surface area (Å²) in [5, 5.41) is 11.6. The maximum atomic E-state index is 12.2. The Morgan fingerprint density at radius 3 is 2.90 bits per heavy atom. The molecule has 2 aromatic rings. The number of rotatable bonds is 4. The first-order valence-electron chi connectivity index (χ1n) is 5.67. The van der Waals surface area contributed by atoms with Crippen molar-refractivity contribution in [3.63, 3.8) is 0 Å². The number of thiazole rings is 1. The van der Waals surface area contributed by atoms with Crippen molar-refractivity contribution in [1.82, 2.24) is 4.98 Å². The number of benzene rings is 1. The summed E-state index contributed by atoms with van der Waals surface area (Å²) < 4.78 is 28.6. The number of hydrogen-bond donors (Lipinski definition) is 0. The number of ether oxygens (including phenoxy) is 1. The fraction of sp³-hybridized carbons (Fsp3) is 0.143. The number of halogens is 2. The van der Waals surface area contributed by atoms with E-state index in [-0.39, 0.29) is 5.75 Å². The summed E-state index contributed by atoms with van der Waals surface area (Å²) in [4.78, 5) is 4.23. The topological polar surface area (TPSA) is 45.9 Å². The second kappa shape index (κ2) is 6.26. The standard InChI is InChI=1S/C14H10F2N2OS/c1-9-8-20-13(18-9)11(7-17)5-10-3-2-4-12(6-10)19-14(15)16/h2-6,8,14H,1H3. The first-order valence-corrected chi connectivity index (χ1v) is 6.55. The van der Waals surface area contributed by atoms with Crippen LogP contribution in [0.4, 0.5) is 8.78 Å². The molecule has 0 bridgehead atoms. The lowest BCUT2D eigenvalue weighted by atomic mass is 10.1. The van der Waals surface area contributed by atoms with E-state index in [9.17, 15) is 8.78 Å². The van der Waals surface area contributed by atoms with Gasteiger partial charge in [0, 0.05) is 11.1 Å². The smallest absolute Gasteiger partial charge is 0.387 e. The maximum absolute atomic E-state index is 12.2. The minimum atomic E-state index is -2.87. The number of nitriles is 1. The van der Waals surface area contributed by atoms with Crippen LogP contribution in [0.25, 0.3) is 11.6 Å². The van der Waals surface area contributed by atoms with Gasteiger partial charge in [-0.1, -0.05) is 12.1 Å². The largest absolute Gasteiger partial charge is 0.435 e. The Kier molecular flexibility index (Phi) is 4.43. The van der Waals surface area contributed by atoms with Gasteiger partial charge < -0.3 is 4.74 Å². The number of hydrogen-bond acceptors (Lipinski definition) is 4. The minimum absolute atomic E-state index is 0.0568. The van der Waals surface area contributed by atoms with Crippen LogP contribution in [0.15, 0.2) is 29.6 Å². The second-order valence-electron chi connectivity index (χ2n) is 3.91. The highest BCUT2D eigenvalue weighted by molar-refractivity contribution is 7.11. The summed E-state index contributed by atoms with van der Waals surface area (Å²) in [5.41, 5.74) is 1.82. The van der Waals surface area contributed by atoms with Crippen LogP contribution in [0.3, 0.4) is 0 Å². The summed E-state index contributed by atoms with van der Waals surface area (Å²) in [7, 11) is 0. The Morgan fingerprint density at radius 2 is 2.30 bits per heavy atom. The van der Waals surface area contributed by atoms with E-state index < -0.39 is 6.61 Å². The molecule has 0 spiro atoms. The van der Waals surface area contributed by atoms with E-state index in [2.05, 4.69) is 15.8 Å². The minimum Gasteiger partial charge on any atom is -0.435 e. The highest BCUT2D eigenvalue weighted by atomic mass is 32.1. The number of aromatic nitrogens is 1. The highest BCUT2D eigenvalue weighted by Gasteiger charge is 2.07. The van der Waals surface area contributed by atoms with E-state index in [4.69, 9.17) is 5.26 Å². The third kappa shape index (κ3) is 3.62. The molecule has 0 aliphatic carbocycles. The second-order valence-corrected chi connectivity index (χ2v) is 4.77. The molecule has 20 heavy (non-hydrogen) atoms. The van der Waals surface area contributed by atoms with Crippen LogP contribution in [0.1, 0.15) is 16.3 Å².